The highest BCUT2D eigenvalue weighted by Crippen LogP contribution is 2.25. The van der Waals surface area contributed by atoms with Crippen LogP contribution in [0.3, 0.4) is 0 Å². The summed E-state index contributed by atoms with van der Waals surface area (Å²) in [4.78, 5) is 16.2. The molecule has 0 spiro atoms. The molecule has 0 unspecified atom stereocenters. The Balaban J connectivity index is 1.62. The third-order valence-corrected chi connectivity index (χ3v) is 6.93. The number of nitrogens with one attached hydrogen (secondary N) is 1. The number of hydrogen-bond acceptors (Lipinski definition) is 4. The van der Waals surface area contributed by atoms with Crippen molar-refractivity contribution in [3.8, 4) is 0 Å². The number of sulfonamides is 1. The van der Waals surface area contributed by atoms with Crippen molar-refractivity contribution < 1.29 is 17.6 Å². The molecule has 1 aliphatic heterocycles. The zero-order valence-electron chi connectivity index (χ0n) is 15.6. The van der Waals surface area contributed by atoms with Gasteiger partial charge in [0.15, 0.2) is 0 Å². The second-order valence-corrected chi connectivity index (χ2v) is 9.23. The SMILES string of the molecule is C[C@H](NS(=O)(=O)c1cc(Cl)ccc1Cl)C(=O)N1CCN(c2ccc(F)cc2)CC1. The number of carbonyl (C=O) groups is 1. The lowest BCUT2D eigenvalue weighted by Crippen LogP contribution is -2.54. The lowest BCUT2D eigenvalue weighted by Gasteiger charge is -2.37. The number of halogens is 3. The van der Waals surface area contributed by atoms with Gasteiger partial charge in [0.2, 0.25) is 15.9 Å². The first kappa shape index (κ1) is 21.8. The van der Waals surface area contributed by atoms with Crippen molar-refractivity contribution in [3.05, 3.63) is 58.3 Å². The van der Waals surface area contributed by atoms with E-state index in [0.29, 0.717) is 26.2 Å². The average molecular weight is 460 g/mol. The Hall–Kier alpha value is -1.87. The molecule has 0 saturated carbocycles. The van der Waals surface area contributed by atoms with Gasteiger partial charge in [-0.15, -0.1) is 0 Å². The van der Waals surface area contributed by atoms with Gasteiger partial charge in [-0.05, 0) is 49.4 Å². The predicted molar refractivity (Wildman–Crippen MR) is 111 cm³/mol. The van der Waals surface area contributed by atoms with Gasteiger partial charge < -0.3 is 9.80 Å². The summed E-state index contributed by atoms with van der Waals surface area (Å²) < 4.78 is 40.6. The van der Waals surface area contributed by atoms with Crippen LogP contribution >= 0.6 is 23.2 Å². The van der Waals surface area contributed by atoms with Crippen LogP contribution in [0.25, 0.3) is 0 Å². The molecule has 1 atom stereocenters. The number of nitrogens with zero attached hydrogens (tertiary/aromatic N) is 2. The predicted octanol–water partition coefficient (Wildman–Crippen LogP) is 3.15. The highest BCUT2D eigenvalue weighted by Gasteiger charge is 2.29. The Kier molecular flexibility index (Phi) is 6.68. The van der Waals surface area contributed by atoms with Gasteiger partial charge in [-0.1, -0.05) is 23.2 Å². The number of anilines is 1. The summed E-state index contributed by atoms with van der Waals surface area (Å²) in [5, 5.41) is 0.250. The van der Waals surface area contributed by atoms with E-state index >= 15 is 0 Å². The zero-order chi connectivity index (χ0) is 21.2. The van der Waals surface area contributed by atoms with Crippen LogP contribution in [0.15, 0.2) is 47.4 Å². The maximum absolute atomic E-state index is 13.1. The molecule has 0 bridgehead atoms. The fraction of sp³-hybridized carbons (Fsp3) is 0.316. The molecule has 3 rings (SSSR count). The fourth-order valence-corrected chi connectivity index (χ4v) is 5.10. The normalized spacial score (nSPS) is 16.0. The minimum absolute atomic E-state index is 0.0226. The van der Waals surface area contributed by atoms with Crippen LogP contribution in [0, 0.1) is 5.82 Å². The van der Waals surface area contributed by atoms with Crippen LogP contribution in [-0.2, 0) is 14.8 Å². The van der Waals surface area contributed by atoms with Crippen LogP contribution in [0.4, 0.5) is 10.1 Å². The van der Waals surface area contributed by atoms with E-state index in [1.165, 1.54) is 37.3 Å². The van der Waals surface area contributed by atoms with Crippen molar-refractivity contribution in [2.75, 3.05) is 31.1 Å². The molecule has 1 amide bonds. The number of rotatable bonds is 5. The lowest BCUT2D eigenvalue weighted by molar-refractivity contribution is -0.132. The molecular formula is C19H20Cl2FN3O3S. The number of benzene rings is 2. The van der Waals surface area contributed by atoms with Gasteiger partial charge in [-0.2, -0.15) is 4.72 Å². The minimum Gasteiger partial charge on any atom is -0.368 e. The maximum Gasteiger partial charge on any atom is 0.242 e. The molecule has 29 heavy (non-hydrogen) atoms. The van der Waals surface area contributed by atoms with Gasteiger partial charge in [-0.25, -0.2) is 12.8 Å². The number of carbonyl (C=O) groups excluding carboxylic acids is 1. The second-order valence-electron chi connectivity index (χ2n) is 6.71. The summed E-state index contributed by atoms with van der Waals surface area (Å²) in [6.45, 7) is 3.49. The van der Waals surface area contributed by atoms with E-state index in [0.717, 1.165) is 5.69 Å². The second kappa shape index (κ2) is 8.87. The van der Waals surface area contributed by atoms with E-state index in [2.05, 4.69) is 4.72 Å². The Morgan fingerprint density at radius 2 is 1.69 bits per heavy atom. The molecule has 1 fully saturated rings. The van der Waals surface area contributed by atoms with E-state index in [9.17, 15) is 17.6 Å². The highest BCUT2D eigenvalue weighted by atomic mass is 35.5. The Bertz CT molecular complexity index is 994. The van der Waals surface area contributed by atoms with E-state index in [4.69, 9.17) is 23.2 Å². The monoisotopic (exact) mass is 459 g/mol. The van der Waals surface area contributed by atoms with E-state index in [-0.39, 0.29) is 26.7 Å². The molecule has 1 aliphatic rings. The summed E-state index contributed by atoms with van der Waals surface area (Å²) in [6.07, 6.45) is 0. The molecule has 0 radical (unpaired) electrons. The molecule has 1 heterocycles. The Morgan fingerprint density at radius 1 is 1.07 bits per heavy atom. The summed E-state index contributed by atoms with van der Waals surface area (Å²) in [5.74, 6) is -0.631. The van der Waals surface area contributed by atoms with Gasteiger partial charge in [0.1, 0.15) is 10.7 Å². The first-order valence-electron chi connectivity index (χ1n) is 8.94. The van der Waals surface area contributed by atoms with Gasteiger partial charge in [0, 0.05) is 36.9 Å². The summed E-state index contributed by atoms with van der Waals surface area (Å²) >= 11 is 11.8. The third kappa shape index (κ3) is 5.19. The first-order chi connectivity index (χ1) is 13.7. The molecule has 0 aliphatic carbocycles. The van der Waals surface area contributed by atoms with Crippen molar-refractivity contribution in [2.45, 2.75) is 17.9 Å². The van der Waals surface area contributed by atoms with E-state index < -0.39 is 16.1 Å². The van der Waals surface area contributed by atoms with Crippen molar-refractivity contribution in [3.63, 3.8) is 0 Å². The number of amides is 1. The summed E-state index contributed by atoms with van der Waals surface area (Å²) in [7, 11) is -4.01. The van der Waals surface area contributed by atoms with Gasteiger partial charge in [0.25, 0.3) is 0 Å². The molecule has 0 aromatic heterocycles. The minimum atomic E-state index is -4.01. The fourth-order valence-electron chi connectivity index (χ4n) is 3.14. The van der Waals surface area contributed by atoms with Crippen LogP contribution in [-0.4, -0.2) is 51.4 Å². The van der Waals surface area contributed by atoms with Gasteiger partial charge in [-0.3, -0.25) is 4.79 Å². The van der Waals surface area contributed by atoms with Crippen LogP contribution < -0.4 is 9.62 Å². The number of piperazine rings is 1. The van der Waals surface area contributed by atoms with Crippen molar-refractivity contribution in [1.82, 2.24) is 9.62 Å². The highest BCUT2D eigenvalue weighted by molar-refractivity contribution is 7.89. The molecule has 2 aromatic rings. The average Bonchev–Trinajstić information content (AvgIpc) is 2.69. The summed E-state index contributed by atoms with van der Waals surface area (Å²) in [5.41, 5.74) is 0.878. The van der Waals surface area contributed by atoms with Crippen LogP contribution in [0.2, 0.25) is 10.0 Å². The van der Waals surface area contributed by atoms with Crippen molar-refractivity contribution >= 4 is 44.8 Å². The van der Waals surface area contributed by atoms with Crippen LogP contribution in [0.5, 0.6) is 0 Å². The molecular weight excluding hydrogens is 440 g/mol. The smallest absolute Gasteiger partial charge is 0.242 e. The topological polar surface area (TPSA) is 69.7 Å². The molecule has 156 valence electrons. The van der Waals surface area contributed by atoms with Crippen molar-refractivity contribution in [1.29, 1.82) is 0 Å². The Morgan fingerprint density at radius 3 is 2.31 bits per heavy atom. The molecule has 6 nitrogen and oxygen atoms in total. The largest absolute Gasteiger partial charge is 0.368 e. The zero-order valence-corrected chi connectivity index (χ0v) is 17.9. The lowest BCUT2D eigenvalue weighted by atomic mass is 10.2. The first-order valence-corrected chi connectivity index (χ1v) is 11.2. The third-order valence-electron chi connectivity index (χ3n) is 4.67. The summed E-state index contributed by atoms with van der Waals surface area (Å²) in [6, 6.07) is 9.32. The van der Waals surface area contributed by atoms with E-state index in [1.807, 2.05) is 4.90 Å². The molecule has 1 saturated heterocycles. The molecule has 2 aromatic carbocycles. The quantitative estimate of drug-likeness (QED) is 0.745. The van der Waals surface area contributed by atoms with Crippen molar-refractivity contribution in [2.24, 2.45) is 0 Å². The maximum atomic E-state index is 13.1. The van der Waals surface area contributed by atoms with E-state index in [1.54, 1.807) is 17.0 Å². The van der Waals surface area contributed by atoms with Crippen LogP contribution in [0.1, 0.15) is 6.92 Å². The Labute approximate surface area is 179 Å². The molecule has 1 N–H and O–H groups in total. The molecule has 10 heteroatoms. The van der Waals surface area contributed by atoms with Gasteiger partial charge >= 0.3 is 0 Å². The van der Waals surface area contributed by atoms with Gasteiger partial charge in [0.05, 0.1) is 11.1 Å². The number of hydrogen-bond donors (Lipinski definition) is 1. The standard InChI is InChI=1S/C19H20Cl2FN3O3S/c1-13(23-29(27,28)18-12-14(20)2-7-17(18)21)19(26)25-10-8-24(9-11-25)16-5-3-15(22)4-6-16/h2-7,12-13,23H,8-11H2,1H3/t13-/m0/s1.